The molecule has 0 saturated carbocycles. The number of hydrogen-bond acceptors (Lipinski definition) is 2. The van der Waals surface area contributed by atoms with Crippen molar-refractivity contribution in [2.24, 2.45) is 0 Å². The van der Waals surface area contributed by atoms with Crippen LogP contribution in [0.15, 0.2) is 0 Å². The van der Waals surface area contributed by atoms with Gasteiger partial charge in [0.05, 0.1) is 0 Å². The zero-order valence-corrected chi connectivity index (χ0v) is 14.0. The van der Waals surface area contributed by atoms with Crippen molar-refractivity contribution in [1.29, 1.82) is 0 Å². The first-order valence-electron chi connectivity index (χ1n) is 9.12. The molecule has 1 saturated heterocycles. The van der Waals surface area contributed by atoms with Gasteiger partial charge in [0.1, 0.15) is 0 Å². The van der Waals surface area contributed by atoms with Gasteiger partial charge in [0.15, 0.2) is 6.29 Å². The molecule has 1 rings (SSSR count). The Morgan fingerprint density at radius 3 is 2.29 bits per heavy atom. The summed E-state index contributed by atoms with van der Waals surface area (Å²) in [4.78, 5) is 0. The van der Waals surface area contributed by atoms with Gasteiger partial charge in [-0.15, -0.1) is 11.8 Å². The van der Waals surface area contributed by atoms with E-state index in [1.165, 1.54) is 64.2 Å². The van der Waals surface area contributed by atoms with Crippen molar-refractivity contribution in [1.82, 2.24) is 0 Å². The van der Waals surface area contributed by atoms with E-state index < -0.39 is 0 Å². The molecule has 2 nitrogen and oxygen atoms in total. The molecule has 0 aromatic carbocycles. The fourth-order valence-corrected chi connectivity index (χ4v) is 2.65. The number of unbranched alkanes of at least 4 members (excludes halogenated alkanes) is 8. The molecule has 1 atom stereocenters. The lowest BCUT2D eigenvalue weighted by atomic mass is 10.1. The second-order valence-electron chi connectivity index (χ2n) is 5.95. The van der Waals surface area contributed by atoms with Gasteiger partial charge >= 0.3 is 0 Å². The van der Waals surface area contributed by atoms with Gasteiger partial charge in [0.25, 0.3) is 0 Å². The molecule has 2 heteroatoms. The van der Waals surface area contributed by atoms with Gasteiger partial charge < -0.3 is 9.47 Å². The van der Waals surface area contributed by atoms with Gasteiger partial charge in [-0.05, 0) is 32.1 Å². The Balaban J connectivity index is 1.72. The average Bonchev–Trinajstić information content (AvgIpc) is 2.53. The van der Waals surface area contributed by atoms with Crippen LogP contribution in [0.4, 0.5) is 0 Å². The van der Waals surface area contributed by atoms with Crippen LogP contribution < -0.4 is 0 Å². The highest BCUT2D eigenvalue weighted by molar-refractivity contribution is 4.97. The summed E-state index contributed by atoms with van der Waals surface area (Å²) in [5, 5.41) is 0. The topological polar surface area (TPSA) is 18.5 Å². The van der Waals surface area contributed by atoms with Crippen LogP contribution in [0.5, 0.6) is 0 Å². The SMILES string of the molecule is CCC#CCCCCCCCCCCOC1CCCCO1. The Morgan fingerprint density at radius 1 is 0.905 bits per heavy atom. The van der Waals surface area contributed by atoms with Crippen molar-refractivity contribution < 1.29 is 9.47 Å². The normalized spacial score (nSPS) is 18.2. The van der Waals surface area contributed by atoms with Crippen molar-refractivity contribution in [2.75, 3.05) is 13.2 Å². The first kappa shape index (κ1) is 18.5. The van der Waals surface area contributed by atoms with E-state index in [-0.39, 0.29) is 6.29 Å². The third-order valence-electron chi connectivity index (χ3n) is 3.94. The lowest BCUT2D eigenvalue weighted by Gasteiger charge is -2.22. The van der Waals surface area contributed by atoms with Gasteiger partial charge in [0.2, 0.25) is 0 Å². The zero-order valence-electron chi connectivity index (χ0n) is 14.0. The Hall–Kier alpha value is -0.520. The van der Waals surface area contributed by atoms with Crippen LogP contribution in [-0.2, 0) is 9.47 Å². The molecule has 1 aliphatic heterocycles. The van der Waals surface area contributed by atoms with E-state index in [1.54, 1.807) is 0 Å². The third kappa shape index (κ3) is 11.8. The molecular weight excluding hydrogens is 260 g/mol. The molecule has 0 bridgehead atoms. The molecule has 122 valence electrons. The van der Waals surface area contributed by atoms with Gasteiger partial charge in [-0.1, -0.05) is 45.4 Å². The van der Waals surface area contributed by atoms with Gasteiger partial charge in [-0.3, -0.25) is 0 Å². The summed E-state index contributed by atoms with van der Waals surface area (Å²) in [5.74, 6) is 6.34. The average molecular weight is 294 g/mol. The molecule has 1 aliphatic rings. The van der Waals surface area contributed by atoms with Crippen LogP contribution >= 0.6 is 0 Å². The molecule has 0 spiro atoms. The van der Waals surface area contributed by atoms with Crippen molar-refractivity contribution in [3.63, 3.8) is 0 Å². The largest absolute Gasteiger partial charge is 0.353 e. The van der Waals surface area contributed by atoms with Crippen LogP contribution in [0.25, 0.3) is 0 Å². The summed E-state index contributed by atoms with van der Waals surface area (Å²) < 4.78 is 11.3. The fourth-order valence-electron chi connectivity index (χ4n) is 2.65. The molecule has 1 unspecified atom stereocenters. The lowest BCUT2D eigenvalue weighted by molar-refractivity contribution is -0.162. The maximum Gasteiger partial charge on any atom is 0.157 e. The summed E-state index contributed by atoms with van der Waals surface area (Å²) in [6.07, 6.45) is 16.3. The molecule has 0 N–H and O–H groups in total. The van der Waals surface area contributed by atoms with E-state index in [0.717, 1.165) is 32.5 Å². The van der Waals surface area contributed by atoms with E-state index in [1.807, 2.05) is 0 Å². The molecule has 0 amide bonds. The van der Waals surface area contributed by atoms with Crippen LogP contribution in [0.3, 0.4) is 0 Å². The molecule has 0 aromatic rings. The molecule has 21 heavy (non-hydrogen) atoms. The second-order valence-corrected chi connectivity index (χ2v) is 5.95. The van der Waals surface area contributed by atoms with E-state index >= 15 is 0 Å². The highest BCUT2D eigenvalue weighted by Gasteiger charge is 2.13. The molecule has 0 aliphatic carbocycles. The van der Waals surface area contributed by atoms with Gasteiger partial charge in [0, 0.05) is 26.1 Å². The van der Waals surface area contributed by atoms with Gasteiger partial charge in [-0.2, -0.15) is 0 Å². The molecule has 1 heterocycles. The van der Waals surface area contributed by atoms with Crippen LogP contribution in [0.1, 0.15) is 90.4 Å². The minimum atomic E-state index is 0.0922. The maximum atomic E-state index is 5.74. The zero-order chi connectivity index (χ0) is 15.0. The summed E-state index contributed by atoms with van der Waals surface area (Å²) in [6, 6.07) is 0. The minimum absolute atomic E-state index is 0.0922. The molecule has 0 radical (unpaired) electrons. The van der Waals surface area contributed by atoms with Crippen molar-refractivity contribution in [3.05, 3.63) is 0 Å². The van der Waals surface area contributed by atoms with Crippen molar-refractivity contribution >= 4 is 0 Å². The molecule has 0 aromatic heterocycles. The minimum Gasteiger partial charge on any atom is -0.353 e. The number of rotatable bonds is 11. The van der Waals surface area contributed by atoms with Crippen LogP contribution in [-0.4, -0.2) is 19.5 Å². The summed E-state index contributed by atoms with van der Waals surface area (Å²) >= 11 is 0. The quantitative estimate of drug-likeness (QED) is 0.372. The van der Waals surface area contributed by atoms with Crippen molar-refractivity contribution in [3.8, 4) is 11.8 Å². The number of hydrogen-bond donors (Lipinski definition) is 0. The van der Waals surface area contributed by atoms with E-state index in [2.05, 4.69) is 18.8 Å². The molecular formula is C19H34O2. The van der Waals surface area contributed by atoms with E-state index in [0.29, 0.717) is 0 Å². The first-order chi connectivity index (χ1) is 10.4. The van der Waals surface area contributed by atoms with E-state index in [4.69, 9.17) is 9.47 Å². The smallest absolute Gasteiger partial charge is 0.157 e. The summed E-state index contributed by atoms with van der Waals surface area (Å²) in [6.45, 7) is 3.87. The Kier molecular flexibility index (Phi) is 12.7. The first-order valence-corrected chi connectivity index (χ1v) is 9.12. The summed E-state index contributed by atoms with van der Waals surface area (Å²) in [5.41, 5.74) is 0. The maximum absolute atomic E-state index is 5.74. The lowest BCUT2D eigenvalue weighted by Crippen LogP contribution is -2.22. The highest BCUT2D eigenvalue weighted by Crippen LogP contribution is 2.14. The fraction of sp³-hybridized carbons (Fsp3) is 0.895. The van der Waals surface area contributed by atoms with Crippen molar-refractivity contribution in [2.45, 2.75) is 96.7 Å². The Labute approximate surface area is 132 Å². The predicted octanol–water partition coefficient (Wildman–Crippen LogP) is 5.45. The summed E-state index contributed by atoms with van der Waals surface area (Å²) in [7, 11) is 0. The van der Waals surface area contributed by atoms with Crippen LogP contribution in [0.2, 0.25) is 0 Å². The monoisotopic (exact) mass is 294 g/mol. The Morgan fingerprint density at radius 2 is 1.62 bits per heavy atom. The molecule has 1 fully saturated rings. The standard InChI is InChI=1S/C19H34O2/c1-2-3-4-5-6-7-8-9-10-11-12-14-17-20-19-16-13-15-18-21-19/h19H,2,5-18H2,1H3. The number of ether oxygens (including phenoxy) is 2. The van der Waals surface area contributed by atoms with Crippen LogP contribution in [0, 0.1) is 11.8 Å². The Bertz CT molecular complexity index is 271. The van der Waals surface area contributed by atoms with Gasteiger partial charge in [-0.25, -0.2) is 0 Å². The third-order valence-corrected chi connectivity index (χ3v) is 3.94. The second kappa shape index (κ2) is 14.4. The van der Waals surface area contributed by atoms with E-state index in [9.17, 15) is 0 Å². The highest BCUT2D eigenvalue weighted by atomic mass is 16.7. The predicted molar refractivity (Wildman–Crippen MR) is 89.2 cm³/mol.